The Morgan fingerprint density at radius 3 is 2.74 bits per heavy atom. The first-order valence-electron chi connectivity index (χ1n) is 5.50. The molecule has 0 spiro atoms. The third kappa shape index (κ3) is 3.88. The van der Waals surface area contributed by atoms with Crippen LogP contribution < -0.4 is 5.32 Å². The molecule has 0 radical (unpaired) electrons. The number of nitrogens with one attached hydrogen (secondary N) is 1. The summed E-state index contributed by atoms with van der Waals surface area (Å²) in [7, 11) is 0. The Morgan fingerprint density at radius 1 is 1.32 bits per heavy atom. The molecule has 0 aliphatic carbocycles. The second-order valence-electron chi connectivity index (χ2n) is 3.80. The van der Waals surface area contributed by atoms with Gasteiger partial charge >= 0.3 is 6.18 Å². The highest BCUT2D eigenvalue weighted by Crippen LogP contribution is 2.27. The molecule has 2 rings (SSSR count). The van der Waals surface area contributed by atoms with Crippen LogP contribution in [0.15, 0.2) is 17.6 Å². The Labute approximate surface area is 111 Å². The van der Waals surface area contributed by atoms with E-state index in [1.807, 2.05) is 12.3 Å². The minimum absolute atomic E-state index is 0.0261. The number of thiazole rings is 1. The summed E-state index contributed by atoms with van der Waals surface area (Å²) in [6.45, 7) is 2.34. The molecular weight excluding hydrogens is 277 g/mol. The first-order valence-corrected chi connectivity index (χ1v) is 6.38. The van der Waals surface area contributed by atoms with E-state index in [2.05, 4.69) is 20.3 Å². The van der Waals surface area contributed by atoms with Gasteiger partial charge < -0.3 is 5.32 Å². The van der Waals surface area contributed by atoms with Crippen molar-refractivity contribution in [3.63, 3.8) is 0 Å². The van der Waals surface area contributed by atoms with E-state index < -0.39 is 11.9 Å². The predicted octanol–water partition coefficient (Wildman–Crippen LogP) is 2.91. The lowest BCUT2D eigenvalue weighted by Gasteiger charge is -2.07. The molecular formula is C11H11F3N4S. The number of aryl methyl sites for hydroxylation is 1. The van der Waals surface area contributed by atoms with Crippen LogP contribution in [-0.2, 0) is 12.6 Å². The van der Waals surface area contributed by atoms with Gasteiger partial charge in [0.1, 0.15) is 5.69 Å². The number of aromatic nitrogens is 3. The van der Waals surface area contributed by atoms with Gasteiger partial charge in [0.2, 0.25) is 5.95 Å². The van der Waals surface area contributed by atoms with Gasteiger partial charge in [-0.05, 0) is 13.0 Å². The summed E-state index contributed by atoms with van der Waals surface area (Å²) in [5.74, 6) is -0.0261. The number of nitrogens with zero attached hydrogens (tertiary/aromatic N) is 3. The highest BCUT2D eigenvalue weighted by atomic mass is 32.1. The van der Waals surface area contributed by atoms with Crippen molar-refractivity contribution in [2.45, 2.75) is 19.5 Å². The summed E-state index contributed by atoms with van der Waals surface area (Å²) in [4.78, 5) is 11.4. The molecule has 2 heterocycles. The molecule has 4 nitrogen and oxygen atoms in total. The van der Waals surface area contributed by atoms with Crippen LogP contribution >= 0.6 is 11.3 Å². The summed E-state index contributed by atoms with van der Waals surface area (Å²) in [6.07, 6.45) is -2.75. The maximum absolute atomic E-state index is 12.4. The fourth-order valence-electron chi connectivity index (χ4n) is 1.43. The van der Waals surface area contributed by atoms with Gasteiger partial charge in [-0.25, -0.2) is 15.0 Å². The molecule has 0 fully saturated rings. The van der Waals surface area contributed by atoms with E-state index in [9.17, 15) is 13.2 Å². The number of rotatable bonds is 4. The largest absolute Gasteiger partial charge is 0.433 e. The monoisotopic (exact) mass is 288 g/mol. The van der Waals surface area contributed by atoms with Gasteiger partial charge in [-0.3, -0.25) is 0 Å². The third-order valence-corrected chi connectivity index (χ3v) is 3.10. The molecule has 102 valence electrons. The number of hydrogen-bond donors (Lipinski definition) is 1. The van der Waals surface area contributed by atoms with Crippen LogP contribution in [0.4, 0.5) is 19.1 Å². The van der Waals surface area contributed by atoms with Crippen molar-refractivity contribution in [1.29, 1.82) is 0 Å². The number of anilines is 1. The molecule has 0 aliphatic rings. The van der Waals surface area contributed by atoms with Crippen LogP contribution in [0.5, 0.6) is 0 Å². The van der Waals surface area contributed by atoms with E-state index in [0.717, 1.165) is 23.0 Å². The SMILES string of the molecule is Cc1nc(CCNc2nccc(C(F)(F)F)n2)cs1. The second-order valence-corrected chi connectivity index (χ2v) is 4.86. The van der Waals surface area contributed by atoms with Crippen molar-refractivity contribution in [3.05, 3.63) is 34.0 Å². The van der Waals surface area contributed by atoms with Crippen molar-refractivity contribution in [1.82, 2.24) is 15.0 Å². The van der Waals surface area contributed by atoms with Crippen molar-refractivity contribution >= 4 is 17.3 Å². The summed E-state index contributed by atoms with van der Waals surface area (Å²) < 4.78 is 37.3. The normalized spacial score (nSPS) is 11.6. The van der Waals surface area contributed by atoms with Gasteiger partial charge in [0.25, 0.3) is 0 Å². The Hall–Kier alpha value is -1.70. The highest BCUT2D eigenvalue weighted by Gasteiger charge is 2.32. The first-order chi connectivity index (χ1) is 8.95. The molecule has 0 unspecified atom stereocenters. The lowest BCUT2D eigenvalue weighted by atomic mass is 10.3. The van der Waals surface area contributed by atoms with E-state index in [1.54, 1.807) is 0 Å². The van der Waals surface area contributed by atoms with Crippen LogP contribution in [0.25, 0.3) is 0 Å². The molecule has 0 aliphatic heterocycles. The van der Waals surface area contributed by atoms with E-state index in [4.69, 9.17) is 0 Å². The van der Waals surface area contributed by atoms with Crippen LogP contribution in [-0.4, -0.2) is 21.5 Å². The lowest BCUT2D eigenvalue weighted by Crippen LogP contribution is -2.13. The van der Waals surface area contributed by atoms with Crippen molar-refractivity contribution in [3.8, 4) is 0 Å². The predicted molar refractivity (Wildman–Crippen MR) is 66.1 cm³/mol. The van der Waals surface area contributed by atoms with E-state index in [-0.39, 0.29) is 5.95 Å². The summed E-state index contributed by atoms with van der Waals surface area (Å²) in [6, 6.07) is 0.842. The van der Waals surface area contributed by atoms with Gasteiger partial charge in [0, 0.05) is 24.5 Å². The van der Waals surface area contributed by atoms with Crippen molar-refractivity contribution in [2.75, 3.05) is 11.9 Å². The number of halogens is 3. The van der Waals surface area contributed by atoms with Gasteiger partial charge in [0.15, 0.2) is 0 Å². The molecule has 2 aromatic rings. The molecule has 8 heteroatoms. The Bertz CT molecular complexity index is 553. The summed E-state index contributed by atoms with van der Waals surface area (Å²) >= 11 is 1.54. The standard InChI is InChI=1S/C11H11F3N4S/c1-7-17-8(6-19-7)2-4-15-10-16-5-3-9(18-10)11(12,13)14/h3,5-6H,2,4H2,1H3,(H,15,16,18). The molecule has 1 N–H and O–H groups in total. The van der Waals surface area contributed by atoms with E-state index >= 15 is 0 Å². The van der Waals surface area contributed by atoms with E-state index in [1.165, 1.54) is 11.3 Å². The third-order valence-electron chi connectivity index (χ3n) is 2.28. The maximum Gasteiger partial charge on any atom is 0.433 e. The van der Waals surface area contributed by atoms with E-state index in [0.29, 0.717) is 13.0 Å². The number of hydrogen-bond acceptors (Lipinski definition) is 5. The second kappa shape index (κ2) is 5.52. The van der Waals surface area contributed by atoms with Gasteiger partial charge in [-0.1, -0.05) is 0 Å². The van der Waals surface area contributed by atoms with Crippen molar-refractivity contribution in [2.24, 2.45) is 0 Å². The summed E-state index contributed by atoms with van der Waals surface area (Å²) in [5.41, 5.74) is -0.0449. The molecule has 0 atom stereocenters. The fourth-order valence-corrected chi connectivity index (χ4v) is 2.07. The zero-order chi connectivity index (χ0) is 13.9. The smallest absolute Gasteiger partial charge is 0.354 e. The molecule has 0 saturated heterocycles. The average molecular weight is 288 g/mol. The minimum atomic E-state index is -4.45. The minimum Gasteiger partial charge on any atom is -0.354 e. The number of alkyl halides is 3. The van der Waals surface area contributed by atoms with Crippen molar-refractivity contribution < 1.29 is 13.2 Å². The van der Waals surface area contributed by atoms with Gasteiger partial charge in [-0.2, -0.15) is 13.2 Å². The quantitative estimate of drug-likeness (QED) is 0.940. The Morgan fingerprint density at radius 2 is 2.11 bits per heavy atom. The molecule has 0 aromatic carbocycles. The molecule has 0 saturated carbocycles. The van der Waals surface area contributed by atoms with Gasteiger partial charge in [-0.15, -0.1) is 11.3 Å². The Kier molecular flexibility index (Phi) is 3.98. The van der Waals surface area contributed by atoms with Crippen LogP contribution in [0.1, 0.15) is 16.4 Å². The highest BCUT2D eigenvalue weighted by molar-refractivity contribution is 7.09. The molecule has 2 aromatic heterocycles. The zero-order valence-electron chi connectivity index (χ0n) is 10.0. The molecule has 19 heavy (non-hydrogen) atoms. The van der Waals surface area contributed by atoms with Gasteiger partial charge in [0.05, 0.1) is 10.7 Å². The van der Waals surface area contributed by atoms with Crippen LogP contribution in [0.3, 0.4) is 0 Å². The average Bonchev–Trinajstić information content (AvgIpc) is 2.74. The molecule has 0 amide bonds. The zero-order valence-corrected chi connectivity index (χ0v) is 10.8. The fraction of sp³-hybridized carbons (Fsp3) is 0.364. The lowest BCUT2D eigenvalue weighted by molar-refractivity contribution is -0.141. The first kappa shape index (κ1) is 13.7. The molecule has 0 bridgehead atoms. The Balaban J connectivity index is 1.93. The summed E-state index contributed by atoms with van der Waals surface area (Å²) in [5, 5.41) is 5.64. The maximum atomic E-state index is 12.4. The van der Waals surface area contributed by atoms with Crippen LogP contribution in [0.2, 0.25) is 0 Å². The topological polar surface area (TPSA) is 50.7 Å². The van der Waals surface area contributed by atoms with Crippen LogP contribution in [0, 0.1) is 6.92 Å².